The van der Waals surface area contributed by atoms with E-state index in [9.17, 15) is 0 Å². The SMILES string of the molecule is CC#CC=C(Br)Br. The predicted octanol–water partition coefficient (Wildman–Crippen LogP) is 2.64. The highest BCUT2D eigenvalue weighted by Gasteiger charge is 1.70. The van der Waals surface area contributed by atoms with Crippen LogP contribution in [-0.4, -0.2) is 0 Å². The molecule has 0 rings (SSSR count). The second-order valence-electron chi connectivity index (χ2n) is 0.828. The molecule has 0 amide bonds. The minimum absolute atomic E-state index is 0.884. The van der Waals surface area contributed by atoms with Crippen molar-refractivity contribution in [1.82, 2.24) is 0 Å². The molecule has 0 fully saturated rings. The van der Waals surface area contributed by atoms with Crippen LogP contribution >= 0.6 is 31.9 Å². The minimum Gasteiger partial charge on any atom is -0.102 e. The highest BCUT2D eigenvalue weighted by molar-refractivity contribution is 9.28. The van der Waals surface area contributed by atoms with E-state index in [1.165, 1.54) is 0 Å². The summed E-state index contributed by atoms with van der Waals surface area (Å²) in [6.07, 6.45) is 1.74. The second kappa shape index (κ2) is 4.42. The van der Waals surface area contributed by atoms with Gasteiger partial charge in [-0.25, -0.2) is 0 Å². The van der Waals surface area contributed by atoms with Gasteiger partial charge in [0.05, 0.1) is 3.39 Å². The summed E-state index contributed by atoms with van der Waals surface area (Å²) in [5.41, 5.74) is 0. The lowest BCUT2D eigenvalue weighted by molar-refractivity contribution is 1.91. The average Bonchev–Trinajstić information content (AvgIpc) is 1.61. The largest absolute Gasteiger partial charge is 0.102 e. The molecule has 2 heteroatoms. The fourth-order valence-corrected chi connectivity index (χ4v) is 0.356. The predicted molar refractivity (Wildman–Crippen MR) is 39.4 cm³/mol. The van der Waals surface area contributed by atoms with Gasteiger partial charge in [0.15, 0.2) is 0 Å². The smallest absolute Gasteiger partial charge is 0.0687 e. The molecule has 0 aromatic rings. The van der Waals surface area contributed by atoms with Gasteiger partial charge in [0.25, 0.3) is 0 Å². The molecule has 0 unspecified atom stereocenters. The Bertz CT molecular complexity index is 121. The third-order valence-electron chi connectivity index (χ3n) is 0.326. The maximum absolute atomic E-state index is 3.15. The first-order valence-electron chi connectivity index (χ1n) is 1.71. The highest BCUT2D eigenvalue weighted by atomic mass is 79.9. The van der Waals surface area contributed by atoms with Crippen LogP contribution < -0.4 is 0 Å². The van der Waals surface area contributed by atoms with Gasteiger partial charge in [-0.3, -0.25) is 0 Å². The minimum atomic E-state index is 0.884. The summed E-state index contributed by atoms with van der Waals surface area (Å²) in [5.74, 6) is 5.45. The fraction of sp³-hybridized carbons (Fsp3) is 0.200. The first-order valence-corrected chi connectivity index (χ1v) is 3.29. The van der Waals surface area contributed by atoms with Crippen LogP contribution in [0.1, 0.15) is 6.92 Å². The van der Waals surface area contributed by atoms with Crippen molar-refractivity contribution in [3.8, 4) is 11.8 Å². The molecule has 0 N–H and O–H groups in total. The zero-order valence-electron chi connectivity index (χ0n) is 3.83. The quantitative estimate of drug-likeness (QED) is 0.554. The lowest BCUT2D eigenvalue weighted by atomic mass is 10.6. The maximum Gasteiger partial charge on any atom is 0.0687 e. The summed E-state index contributed by atoms with van der Waals surface area (Å²) >= 11 is 6.30. The van der Waals surface area contributed by atoms with Gasteiger partial charge in [-0.1, -0.05) is 5.92 Å². The van der Waals surface area contributed by atoms with E-state index >= 15 is 0 Å². The summed E-state index contributed by atoms with van der Waals surface area (Å²) in [5, 5.41) is 0. The number of allylic oxidation sites excluding steroid dienone is 1. The topological polar surface area (TPSA) is 0 Å². The van der Waals surface area contributed by atoms with Crippen molar-refractivity contribution in [2.75, 3.05) is 0 Å². The zero-order chi connectivity index (χ0) is 5.70. The second-order valence-corrected chi connectivity index (χ2v) is 3.60. The van der Waals surface area contributed by atoms with Gasteiger partial charge in [0.1, 0.15) is 0 Å². The van der Waals surface area contributed by atoms with Crippen LogP contribution in [0.25, 0.3) is 0 Å². The molecule has 38 valence electrons. The van der Waals surface area contributed by atoms with E-state index < -0.39 is 0 Å². The van der Waals surface area contributed by atoms with Crippen molar-refractivity contribution in [3.05, 3.63) is 9.47 Å². The lowest BCUT2D eigenvalue weighted by Gasteiger charge is -1.69. The monoisotopic (exact) mass is 222 g/mol. The van der Waals surface area contributed by atoms with Crippen molar-refractivity contribution < 1.29 is 0 Å². The normalized spacial score (nSPS) is 6.14. The summed E-state index contributed by atoms with van der Waals surface area (Å²) in [6, 6.07) is 0. The van der Waals surface area contributed by atoms with Gasteiger partial charge < -0.3 is 0 Å². The molecule has 0 aliphatic heterocycles. The Labute approximate surface area is 60.2 Å². The van der Waals surface area contributed by atoms with E-state index in [1.54, 1.807) is 13.0 Å². The third kappa shape index (κ3) is 6.26. The van der Waals surface area contributed by atoms with Crippen LogP contribution in [0.2, 0.25) is 0 Å². The molecular weight excluding hydrogens is 220 g/mol. The molecule has 0 aliphatic carbocycles. The van der Waals surface area contributed by atoms with Crippen molar-refractivity contribution >= 4 is 31.9 Å². The van der Waals surface area contributed by atoms with E-state index in [1.807, 2.05) is 0 Å². The Morgan fingerprint density at radius 1 is 1.57 bits per heavy atom. The van der Waals surface area contributed by atoms with E-state index in [0.29, 0.717) is 0 Å². The van der Waals surface area contributed by atoms with Crippen LogP contribution in [0.3, 0.4) is 0 Å². The third-order valence-corrected chi connectivity index (χ3v) is 0.783. The first kappa shape index (κ1) is 7.26. The molecule has 0 heterocycles. The maximum atomic E-state index is 3.15. The Kier molecular flexibility index (Phi) is 4.58. The summed E-state index contributed by atoms with van der Waals surface area (Å²) in [6.45, 7) is 1.79. The molecule has 0 atom stereocenters. The van der Waals surface area contributed by atoms with Crippen LogP contribution in [0, 0.1) is 11.8 Å². The lowest BCUT2D eigenvalue weighted by Crippen LogP contribution is -1.46. The highest BCUT2D eigenvalue weighted by Crippen LogP contribution is 2.10. The van der Waals surface area contributed by atoms with Gasteiger partial charge in [-0.05, 0) is 38.8 Å². The molecule has 0 spiro atoms. The fourth-order valence-electron chi connectivity index (χ4n) is 0.127. The van der Waals surface area contributed by atoms with Gasteiger partial charge in [0, 0.05) is 6.08 Å². The molecule has 7 heavy (non-hydrogen) atoms. The molecule has 0 bridgehead atoms. The Balaban J connectivity index is 3.61. The molecular formula is C5H4Br2. The van der Waals surface area contributed by atoms with Crippen molar-refractivity contribution in [2.24, 2.45) is 0 Å². The van der Waals surface area contributed by atoms with E-state index in [0.717, 1.165) is 3.39 Å². The molecule has 0 nitrogen and oxygen atoms in total. The number of hydrogen-bond donors (Lipinski definition) is 0. The van der Waals surface area contributed by atoms with Gasteiger partial charge >= 0.3 is 0 Å². The van der Waals surface area contributed by atoms with Crippen LogP contribution in [-0.2, 0) is 0 Å². The molecule has 0 aliphatic rings. The van der Waals surface area contributed by atoms with Gasteiger partial charge in [-0.2, -0.15) is 0 Å². The van der Waals surface area contributed by atoms with E-state index in [4.69, 9.17) is 0 Å². The van der Waals surface area contributed by atoms with Crippen LogP contribution in [0.4, 0.5) is 0 Å². The zero-order valence-corrected chi connectivity index (χ0v) is 7.01. The summed E-state index contributed by atoms with van der Waals surface area (Å²) in [7, 11) is 0. The summed E-state index contributed by atoms with van der Waals surface area (Å²) in [4.78, 5) is 0. The molecule has 0 saturated carbocycles. The number of hydrogen-bond acceptors (Lipinski definition) is 0. The molecule has 0 aromatic heterocycles. The molecule has 0 saturated heterocycles. The van der Waals surface area contributed by atoms with Crippen molar-refractivity contribution in [3.63, 3.8) is 0 Å². The Hall–Kier alpha value is 0.260. The van der Waals surface area contributed by atoms with Crippen molar-refractivity contribution in [2.45, 2.75) is 6.92 Å². The Morgan fingerprint density at radius 2 is 2.14 bits per heavy atom. The Morgan fingerprint density at radius 3 is 2.29 bits per heavy atom. The van der Waals surface area contributed by atoms with Crippen molar-refractivity contribution in [1.29, 1.82) is 0 Å². The van der Waals surface area contributed by atoms with Crippen LogP contribution in [0.15, 0.2) is 9.47 Å². The van der Waals surface area contributed by atoms with E-state index in [-0.39, 0.29) is 0 Å². The number of rotatable bonds is 0. The van der Waals surface area contributed by atoms with Gasteiger partial charge in [-0.15, -0.1) is 5.92 Å². The van der Waals surface area contributed by atoms with Crippen LogP contribution in [0.5, 0.6) is 0 Å². The number of halogens is 2. The first-order chi connectivity index (χ1) is 3.27. The standard InChI is InChI=1S/C5H4Br2/c1-2-3-4-5(6)7/h4H,1H3. The summed E-state index contributed by atoms with van der Waals surface area (Å²) < 4.78 is 0.884. The van der Waals surface area contributed by atoms with Gasteiger partial charge in [0.2, 0.25) is 0 Å². The molecule has 0 radical (unpaired) electrons. The average molecular weight is 224 g/mol. The molecule has 0 aromatic carbocycles. The van der Waals surface area contributed by atoms with E-state index in [2.05, 4.69) is 43.7 Å².